The smallest absolute Gasteiger partial charge is 0.416 e. The summed E-state index contributed by atoms with van der Waals surface area (Å²) in [6.07, 6.45) is -2.27. The Morgan fingerprint density at radius 2 is 1.72 bits per heavy atom. The molecule has 3 nitrogen and oxygen atoms in total. The SMILES string of the molecule is CCCCOc1ccccc1NCCNc1cccc(C(F)(F)F)c1. The van der Waals surface area contributed by atoms with Crippen LogP contribution >= 0.6 is 0 Å². The first kappa shape index (κ1) is 19.0. The summed E-state index contributed by atoms with van der Waals surface area (Å²) in [6, 6.07) is 12.8. The van der Waals surface area contributed by atoms with Gasteiger partial charge in [-0.05, 0) is 36.8 Å². The van der Waals surface area contributed by atoms with Crippen molar-refractivity contribution in [1.29, 1.82) is 0 Å². The lowest BCUT2D eigenvalue weighted by Crippen LogP contribution is -2.15. The molecule has 0 radical (unpaired) electrons. The quantitative estimate of drug-likeness (QED) is 0.592. The number of halogens is 3. The molecule has 2 aromatic carbocycles. The molecule has 0 heterocycles. The summed E-state index contributed by atoms with van der Waals surface area (Å²) in [5.74, 6) is 0.787. The first-order valence-corrected chi connectivity index (χ1v) is 8.37. The number of ether oxygens (including phenoxy) is 1. The number of alkyl halides is 3. The van der Waals surface area contributed by atoms with Gasteiger partial charge in [-0.25, -0.2) is 0 Å². The van der Waals surface area contributed by atoms with Crippen LogP contribution < -0.4 is 15.4 Å². The fourth-order valence-electron chi connectivity index (χ4n) is 2.27. The molecule has 0 saturated heterocycles. The minimum atomic E-state index is -4.33. The average molecular weight is 352 g/mol. The van der Waals surface area contributed by atoms with Crippen molar-refractivity contribution in [1.82, 2.24) is 0 Å². The van der Waals surface area contributed by atoms with Gasteiger partial charge in [-0.15, -0.1) is 0 Å². The zero-order valence-corrected chi connectivity index (χ0v) is 14.2. The molecule has 0 aliphatic heterocycles. The van der Waals surface area contributed by atoms with E-state index < -0.39 is 11.7 Å². The molecule has 0 unspecified atom stereocenters. The molecule has 0 saturated carbocycles. The first-order valence-electron chi connectivity index (χ1n) is 8.37. The summed E-state index contributed by atoms with van der Waals surface area (Å²) < 4.78 is 43.8. The molecule has 0 bridgehead atoms. The van der Waals surface area contributed by atoms with Crippen molar-refractivity contribution in [3.8, 4) is 5.75 Å². The second-order valence-corrected chi connectivity index (χ2v) is 5.63. The fourth-order valence-corrected chi connectivity index (χ4v) is 2.27. The average Bonchev–Trinajstić information content (AvgIpc) is 2.60. The van der Waals surface area contributed by atoms with Crippen molar-refractivity contribution in [2.45, 2.75) is 25.9 Å². The number of rotatable bonds is 9. The normalized spacial score (nSPS) is 11.2. The highest BCUT2D eigenvalue weighted by molar-refractivity contribution is 5.56. The molecule has 0 fully saturated rings. The molecule has 0 aromatic heterocycles. The van der Waals surface area contributed by atoms with E-state index in [1.807, 2.05) is 24.3 Å². The molecule has 25 heavy (non-hydrogen) atoms. The van der Waals surface area contributed by atoms with Gasteiger partial charge >= 0.3 is 6.18 Å². The van der Waals surface area contributed by atoms with Gasteiger partial charge in [0.1, 0.15) is 5.75 Å². The van der Waals surface area contributed by atoms with Crippen molar-refractivity contribution in [2.24, 2.45) is 0 Å². The van der Waals surface area contributed by atoms with E-state index in [1.54, 1.807) is 6.07 Å². The predicted octanol–water partition coefficient (Wildman–Crippen LogP) is 5.41. The predicted molar refractivity (Wildman–Crippen MR) is 95.3 cm³/mol. The van der Waals surface area contributed by atoms with Gasteiger partial charge in [-0.1, -0.05) is 31.5 Å². The topological polar surface area (TPSA) is 33.3 Å². The fraction of sp³-hybridized carbons (Fsp3) is 0.368. The summed E-state index contributed by atoms with van der Waals surface area (Å²) in [4.78, 5) is 0. The summed E-state index contributed by atoms with van der Waals surface area (Å²) in [5.41, 5.74) is 0.675. The lowest BCUT2D eigenvalue weighted by Gasteiger charge is -2.14. The molecular weight excluding hydrogens is 329 g/mol. The van der Waals surface area contributed by atoms with Crippen molar-refractivity contribution in [2.75, 3.05) is 30.3 Å². The Bertz CT molecular complexity index is 659. The molecule has 0 aliphatic carbocycles. The van der Waals surface area contributed by atoms with Crippen LogP contribution in [-0.2, 0) is 6.18 Å². The minimum absolute atomic E-state index is 0.448. The number of hydrogen-bond acceptors (Lipinski definition) is 3. The Balaban J connectivity index is 1.84. The summed E-state index contributed by atoms with van der Waals surface area (Å²) in [7, 11) is 0. The van der Waals surface area contributed by atoms with Gasteiger partial charge < -0.3 is 15.4 Å². The molecule has 0 aliphatic rings. The van der Waals surface area contributed by atoms with Crippen LogP contribution in [0, 0.1) is 0 Å². The van der Waals surface area contributed by atoms with E-state index in [1.165, 1.54) is 6.07 Å². The Labute approximate surface area is 146 Å². The Morgan fingerprint density at radius 1 is 0.960 bits per heavy atom. The van der Waals surface area contributed by atoms with E-state index in [-0.39, 0.29) is 0 Å². The van der Waals surface area contributed by atoms with Crippen molar-refractivity contribution < 1.29 is 17.9 Å². The second-order valence-electron chi connectivity index (χ2n) is 5.63. The lowest BCUT2D eigenvalue weighted by molar-refractivity contribution is -0.137. The Hall–Kier alpha value is -2.37. The monoisotopic (exact) mass is 352 g/mol. The maximum atomic E-state index is 12.7. The number of hydrogen-bond donors (Lipinski definition) is 2. The zero-order chi connectivity index (χ0) is 18.1. The Morgan fingerprint density at radius 3 is 2.48 bits per heavy atom. The van der Waals surface area contributed by atoms with E-state index in [4.69, 9.17) is 4.74 Å². The molecule has 0 spiro atoms. The molecule has 136 valence electrons. The third kappa shape index (κ3) is 6.21. The van der Waals surface area contributed by atoms with Gasteiger partial charge in [0.15, 0.2) is 0 Å². The van der Waals surface area contributed by atoms with Gasteiger partial charge in [0.25, 0.3) is 0 Å². The van der Waals surface area contributed by atoms with E-state index in [9.17, 15) is 13.2 Å². The van der Waals surface area contributed by atoms with Crippen LogP contribution in [0.5, 0.6) is 5.75 Å². The summed E-state index contributed by atoms with van der Waals surface area (Å²) in [5, 5.41) is 6.24. The van der Waals surface area contributed by atoms with Crippen LogP contribution in [0.1, 0.15) is 25.3 Å². The minimum Gasteiger partial charge on any atom is -0.491 e. The number of unbranched alkanes of at least 4 members (excludes halogenated alkanes) is 1. The van der Waals surface area contributed by atoms with Crippen LogP contribution in [0.4, 0.5) is 24.5 Å². The maximum Gasteiger partial charge on any atom is 0.416 e. The largest absolute Gasteiger partial charge is 0.491 e. The number of anilines is 2. The third-order valence-electron chi connectivity index (χ3n) is 3.60. The maximum absolute atomic E-state index is 12.7. The third-order valence-corrected chi connectivity index (χ3v) is 3.60. The zero-order valence-electron chi connectivity index (χ0n) is 14.2. The number of benzene rings is 2. The van der Waals surface area contributed by atoms with Gasteiger partial charge in [0, 0.05) is 18.8 Å². The van der Waals surface area contributed by atoms with Crippen molar-refractivity contribution in [3.05, 3.63) is 54.1 Å². The molecule has 2 aromatic rings. The van der Waals surface area contributed by atoms with Gasteiger partial charge in [-0.2, -0.15) is 13.2 Å². The van der Waals surface area contributed by atoms with Crippen LogP contribution in [-0.4, -0.2) is 19.7 Å². The standard InChI is InChI=1S/C19H23F3N2O/c1-2-3-13-25-18-10-5-4-9-17(18)24-12-11-23-16-8-6-7-15(14-16)19(20,21)22/h4-10,14,23-24H,2-3,11-13H2,1H3. The van der Waals surface area contributed by atoms with Gasteiger partial charge in [0.05, 0.1) is 17.9 Å². The molecule has 6 heteroatoms. The lowest BCUT2D eigenvalue weighted by atomic mass is 10.2. The highest BCUT2D eigenvalue weighted by Gasteiger charge is 2.30. The van der Waals surface area contributed by atoms with Crippen LogP contribution in [0.3, 0.4) is 0 Å². The van der Waals surface area contributed by atoms with Crippen LogP contribution in [0.15, 0.2) is 48.5 Å². The molecule has 2 N–H and O–H groups in total. The Kier molecular flexibility index (Phi) is 6.98. The van der Waals surface area contributed by atoms with Crippen LogP contribution in [0.25, 0.3) is 0 Å². The summed E-state index contributed by atoms with van der Waals surface area (Å²) >= 11 is 0. The van der Waals surface area contributed by atoms with Gasteiger partial charge in [-0.3, -0.25) is 0 Å². The van der Waals surface area contributed by atoms with E-state index in [0.29, 0.717) is 25.4 Å². The van der Waals surface area contributed by atoms with Crippen molar-refractivity contribution >= 4 is 11.4 Å². The molecule has 0 amide bonds. The van der Waals surface area contributed by atoms with E-state index in [2.05, 4.69) is 17.6 Å². The highest BCUT2D eigenvalue weighted by atomic mass is 19.4. The van der Waals surface area contributed by atoms with Crippen LogP contribution in [0.2, 0.25) is 0 Å². The molecule has 2 rings (SSSR count). The van der Waals surface area contributed by atoms with E-state index in [0.717, 1.165) is 36.4 Å². The second kappa shape index (κ2) is 9.20. The number of nitrogens with one attached hydrogen (secondary N) is 2. The van der Waals surface area contributed by atoms with Gasteiger partial charge in [0.2, 0.25) is 0 Å². The molecule has 0 atom stereocenters. The molecular formula is C19H23F3N2O. The number of para-hydroxylation sites is 2. The highest BCUT2D eigenvalue weighted by Crippen LogP contribution is 2.30. The van der Waals surface area contributed by atoms with E-state index >= 15 is 0 Å². The van der Waals surface area contributed by atoms with Crippen molar-refractivity contribution in [3.63, 3.8) is 0 Å². The summed E-state index contributed by atoms with van der Waals surface area (Å²) in [6.45, 7) is 3.82. The first-order chi connectivity index (χ1) is 12.0.